The number of nitrogens with one attached hydrogen (secondary N) is 1. The van der Waals surface area contributed by atoms with Crippen molar-refractivity contribution in [3.05, 3.63) is 33.4 Å². The summed E-state index contributed by atoms with van der Waals surface area (Å²) >= 11 is 2.21. The van der Waals surface area contributed by atoms with Crippen molar-refractivity contribution < 1.29 is 14.7 Å². The van der Waals surface area contributed by atoms with Gasteiger partial charge in [0.2, 0.25) is 5.91 Å². The highest BCUT2D eigenvalue weighted by Crippen LogP contribution is 2.11. The Bertz CT molecular complexity index is 420. The van der Waals surface area contributed by atoms with Crippen molar-refractivity contribution in [2.45, 2.75) is 25.7 Å². The van der Waals surface area contributed by atoms with E-state index in [0.29, 0.717) is 25.8 Å². The number of carbonyl (C=O) groups excluding carboxylic acids is 1. The van der Waals surface area contributed by atoms with Crippen LogP contribution in [0.1, 0.15) is 24.8 Å². The van der Waals surface area contributed by atoms with Crippen LogP contribution in [0.2, 0.25) is 0 Å². The van der Waals surface area contributed by atoms with Gasteiger partial charge < -0.3 is 10.4 Å². The Hall–Kier alpha value is -1.11. The first-order valence-electron chi connectivity index (χ1n) is 5.81. The second-order valence-electron chi connectivity index (χ2n) is 3.97. The van der Waals surface area contributed by atoms with Crippen molar-refractivity contribution in [2.75, 3.05) is 6.54 Å². The number of carbonyl (C=O) groups is 2. The molecule has 0 unspecified atom stereocenters. The van der Waals surface area contributed by atoms with Crippen LogP contribution in [0.15, 0.2) is 24.3 Å². The molecule has 0 spiro atoms. The molecule has 4 nitrogen and oxygen atoms in total. The molecule has 1 amide bonds. The predicted octanol–water partition coefficient (Wildman–Crippen LogP) is 2.20. The molecule has 0 aromatic heterocycles. The fourth-order valence-electron chi connectivity index (χ4n) is 1.51. The third kappa shape index (κ3) is 6.00. The molecule has 0 aliphatic rings. The number of amides is 1. The Morgan fingerprint density at radius 3 is 2.61 bits per heavy atom. The largest absolute Gasteiger partial charge is 0.481 e. The molecule has 1 aromatic rings. The molecule has 0 aliphatic heterocycles. The van der Waals surface area contributed by atoms with Crippen LogP contribution in [0.3, 0.4) is 0 Å². The molecule has 0 bridgehead atoms. The van der Waals surface area contributed by atoms with Gasteiger partial charge in [0.1, 0.15) is 0 Å². The van der Waals surface area contributed by atoms with E-state index in [-0.39, 0.29) is 12.3 Å². The van der Waals surface area contributed by atoms with E-state index in [2.05, 4.69) is 27.9 Å². The Labute approximate surface area is 120 Å². The Kier molecular flexibility index (Phi) is 6.70. The smallest absolute Gasteiger partial charge is 0.303 e. The lowest BCUT2D eigenvalue weighted by molar-refractivity contribution is -0.137. The van der Waals surface area contributed by atoms with E-state index in [1.807, 2.05) is 24.3 Å². The first kappa shape index (κ1) is 14.9. The Morgan fingerprint density at radius 2 is 1.94 bits per heavy atom. The molecular formula is C13H16INO3. The summed E-state index contributed by atoms with van der Waals surface area (Å²) in [5, 5.41) is 11.3. The summed E-state index contributed by atoms with van der Waals surface area (Å²) in [7, 11) is 0. The molecule has 0 fully saturated rings. The van der Waals surface area contributed by atoms with Crippen LogP contribution in [0.5, 0.6) is 0 Å². The third-order valence-electron chi connectivity index (χ3n) is 2.45. The molecule has 0 atom stereocenters. The van der Waals surface area contributed by atoms with Crippen LogP contribution >= 0.6 is 22.6 Å². The topological polar surface area (TPSA) is 66.4 Å². The fraction of sp³-hybridized carbons (Fsp3) is 0.385. The first-order chi connectivity index (χ1) is 8.59. The Balaban J connectivity index is 2.22. The zero-order chi connectivity index (χ0) is 13.4. The number of aliphatic carboxylic acids is 1. The van der Waals surface area contributed by atoms with Gasteiger partial charge in [0, 0.05) is 16.5 Å². The molecule has 1 aromatic carbocycles. The van der Waals surface area contributed by atoms with Crippen molar-refractivity contribution in [3.63, 3.8) is 0 Å². The van der Waals surface area contributed by atoms with E-state index in [9.17, 15) is 9.59 Å². The van der Waals surface area contributed by atoms with Crippen molar-refractivity contribution in [1.82, 2.24) is 5.32 Å². The molecule has 0 saturated heterocycles. The second kappa shape index (κ2) is 8.07. The molecular weight excluding hydrogens is 345 g/mol. The molecule has 0 radical (unpaired) electrons. The average molecular weight is 361 g/mol. The monoisotopic (exact) mass is 361 g/mol. The number of hydrogen-bond acceptors (Lipinski definition) is 2. The molecule has 18 heavy (non-hydrogen) atoms. The minimum absolute atomic E-state index is 0.0190. The summed E-state index contributed by atoms with van der Waals surface area (Å²) in [4.78, 5) is 21.9. The van der Waals surface area contributed by atoms with E-state index in [4.69, 9.17) is 5.11 Å². The SMILES string of the molecule is O=C(O)CCCCNC(=O)Cc1ccccc1I. The van der Waals surface area contributed by atoms with Crippen LogP contribution in [-0.4, -0.2) is 23.5 Å². The fourth-order valence-corrected chi connectivity index (χ4v) is 2.08. The van der Waals surface area contributed by atoms with E-state index in [0.717, 1.165) is 9.13 Å². The maximum atomic E-state index is 11.6. The number of carboxylic acid groups (broad SMARTS) is 1. The number of hydrogen-bond donors (Lipinski definition) is 2. The summed E-state index contributed by atoms with van der Waals surface area (Å²) in [5.74, 6) is -0.811. The molecule has 0 saturated carbocycles. The van der Waals surface area contributed by atoms with Crippen LogP contribution in [0, 0.1) is 3.57 Å². The van der Waals surface area contributed by atoms with Crippen molar-refractivity contribution in [3.8, 4) is 0 Å². The van der Waals surface area contributed by atoms with Gasteiger partial charge in [-0.1, -0.05) is 18.2 Å². The molecule has 1 rings (SSSR count). The highest BCUT2D eigenvalue weighted by molar-refractivity contribution is 14.1. The predicted molar refractivity (Wildman–Crippen MR) is 77.4 cm³/mol. The molecule has 5 heteroatoms. The lowest BCUT2D eigenvalue weighted by Gasteiger charge is -2.06. The van der Waals surface area contributed by atoms with E-state index >= 15 is 0 Å². The molecule has 98 valence electrons. The zero-order valence-electron chi connectivity index (χ0n) is 9.99. The Morgan fingerprint density at radius 1 is 1.22 bits per heavy atom. The highest BCUT2D eigenvalue weighted by Gasteiger charge is 2.05. The lowest BCUT2D eigenvalue weighted by atomic mass is 10.1. The van der Waals surface area contributed by atoms with E-state index < -0.39 is 5.97 Å². The van der Waals surface area contributed by atoms with Crippen LogP contribution in [-0.2, 0) is 16.0 Å². The van der Waals surface area contributed by atoms with Crippen molar-refractivity contribution in [1.29, 1.82) is 0 Å². The van der Waals surface area contributed by atoms with Gasteiger partial charge in [-0.25, -0.2) is 0 Å². The van der Waals surface area contributed by atoms with Gasteiger partial charge in [-0.2, -0.15) is 0 Å². The van der Waals surface area contributed by atoms with Gasteiger partial charge in [-0.15, -0.1) is 0 Å². The maximum absolute atomic E-state index is 11.6. The first-order valence-corrected chi connectivity index (χ1v) is 6.89. The van der Waals surface area contributed by atoms with Gasteiger partial charge in [-0.05, 0) is 47.1 Å². The molecule has 0 aliphatic carbocycles. The summed E-state index contributed by atoms with van der Waals surface area (Å²) < 4.78 is 1.08. The number of unbranched alkanes of at least 4 members (excludes halogenated alkanes) is 1. The number of halogens is 1. The van der Waals surface area contributed by atoms with Crippen molar-refractivity contribution in [2.24, 2.45) is 0 Å². The van der Waals surface area contributed by atoms with Gasteiger partial charge in [0.05, 0.1) is 6.42 Å². The van der Waals surface area contributed by atoms with Crippen LogP contribution in [0.25, 0.3) is 0 Å². The van der Waals surface area contributed by atoms with Gasteiger partial charge >= 0.3 is 5.97 Å². The molecule has 2 N–H and O–H groups in total. The van der Waals surface area contributed by atoms with Gasteiger partial charge in [0.15, 0.2) is 0 Å². The lowest BCUT2D eigenvalue weighted by Crippen LogP contribution is -2.26. The summed E-state index contributed by atoms with van der Waals surface area (Å²) in [6.07, 6.45) is 1.83. The number of carboxylic acids is 1. The quantitative estimate of drug-likeness (QED) is 0.578. The standard InChI is InChI=1S/C13H16INO3/c14-11-6-2-1-5-10(11)9-12(16)15-8-4-3-7-13(17)18/h1-2,5-6H,3-4,7-9H2,(H,15,16)(H,17,18). The third-order valence-corrected chi connectivity index (χ3v) is 3.50. The number of rotatable bonds is 7. The minimum atomic E-state index is -0.792. The van der Waals surface area contributed by atoms with Crippen LogP contribution in [0.4, 0.5) is 0 Å². The minimum Gasteiger partial charge on any atom is -0.481 e. The van der Waals surface area contributed by atoms with Crippen LogP contribution < -0.4 is 5.32 Å². The maximum Gasteiger partial charge on any atom is 0.303 e. The van der Waals surface area contributed by atoms with E-state index in [1.54, 1.807) is 0 Å². The zero-order valence-corrected chi connectivity index (χ0v) is 12.1. The highest BCUT2D eigenvalue weighted by atomic mass is 127. The van der Waals surface area contributed by atoms with Crippen molar-refractivity contribution >= 4 is 34.5 Å². The number of benzene rings is 1. The van der Waals surface area contributed by atoms with Gasteiger partial charge in [-0.3, -0.25) is 9.59 Å². The normalized spacial score (nSPS) is 10.1. The summed E-state index contributed by atoms with van der Waals surface area (Å²) in [6.45, 7) is 0.537. The summed E-state index contributed by atoms with van der Waals surface area (Å²) in [6, 6.07) is 7.76. The second-order valence-corrected chi connectivity index (χ2v) is 5.13. The van der Waals surface area contributed by atoms with Gasteiger partial charge in [0.25, 0.3) is 0 Å². The van der Waals surface area contributed by atoms with E-state index in [1.165, 1.54) is 0 Å². The average Bonchev–Trinajstić information content (AvgIpc) is 2.31. The summed E-state index contributed by atoms with van der Waals surface area (Å²) in [5.41, 5.74) is 1.01. The molecule has 0 heterocycles.